The predicted molar refractivity (Wildman–Crippen MR) is 98.3 cm³/mol. The molecule has 0 fully saturated rings. The first-order valence-corrected chi connectivity index (χ1v) is 8.41. The number of aliphatic hydroxyl groups excluding tert-OH is 1. The van der Waals surface area contributed by atoms with E-state index in [1.165, 1.54) is 0 Å². The van der Waals surface area contributed by atoms with Crippen LogP contribution in [0.1, 0.15) is 31.2 Å². The largest absolute Gasteiger partial charge is 0.387 e. The summed E-state index contributed by atoms with van der Waals surface area (Å²) in [5, 5.41) is 17.0. The van der Waals surface area contributed by atoms with Crippen LogP contribution in [-0.2, 0) is 0 Å². The van der Waals surface area contributed by atoms with E-state index in [9.17, 15) is 5.11 Å². The van der Waals surface area contributed by atoms with Crippen molar-refractivity contribution in [3.05, 3.63) is 41.6 Å². The van der Waals surface area contributed by atoms with Gasteiger partial charge in [0.15, 0.2) is 0 Å². The van der Waals surface area contributed by atoms with Crippen molar-refractivity contribution in [1.82, 2.24) is 20.1 Å². The molecule has 0 aliphatic heterocycles. The van der Waals surface area contributed by atoms with Gasteiger partial charge in [0.25, 0.3) is 5.89 Å². The Morgan fingerprint density at radius 2 is 1.88 bits per heavy atom. The predicted octanol–water partition coefficient (Wildman–Crippen LogP) is 2.31. The van der Waals surface area contributed by atoms with Gasteiger partial charge in [-0.1, -0.05) is 29.4 Å². The van der Waals surface area contributed by atoms with Crippen molar-refractivity contribution < 1.29 is 9.63 Å². The van der Waals surface area contributed by atoms with E-state index >= 15 is 0 Å². The quantitative estimate of drug-likeness (QED) is 0.616. The Kier molecular flexibility index (Phi) is 5.24. The van der Waals surface area contributed by atoms with E-state index in [-0.39, 0.29) is 12.6 Å². The summed E-state index contributed by atoms with van der Waals surface area (Å²) >= 11 is 0. The standard InChI is InChI=1S/C18H22N6O2/c1-10(2)20-18-21-11(3)8-14(22-18)17-23-16(24-26-17)13-6-4-12(5-7-13)15(25)9-19/h4-8,10,15,25H,9,19H2,1-3H3,(H,20,21,22). The van der Waals surface area contributed by atoms with E-state index in [1.54, 1.807) is 18.2 Å². The van der Waals surface area contributed by atoms with Crippen LogP contribution >= 0.6 is 0 Å². The van der Waals surface area contributed by atoms with Crippen molar-refractivity contribution in [2.45, 2.75) is 32.9 Å². The molecule has 2 heterocycles. The van der Waals surface area contributed by atoms with Gasteiger partial charge in [-0.15, -0.1) is 0 Å². The van der Waals surface area contributed by atoms with Crippen LogP contribution in [0.15, 0.2) is 34.9 Å². The van der Waals surface area contributed by atoms with Gasteiger partial charge in [0.05, 0.1) is 6.10 Å². The molecule has 1 unspecified atom stereocenters. The van der Waals surface area contributed by atoms with E-state index in [4.69, 9.17) is 10.3 Å². The van der Waals surface area contributed by atoms with E-state index in [2.05, 4.69) is 25.4 Å². The van der Waals surface area contributed by atoms with Gasteiger partial charge in [-0.25, -0.2) is 9.97 Å². The number of aliphatic hydroxyl groups is 1. The number of benzene rings is 1. The Balaban J connectivity index is 1.87. The average molecular weight is 354 g/mol. The molecule has 8 heteroatoms. The lowest BCUT2D eigenvalue weighted by Crippen LogP contribution is -2.13. The lowest BCUT2D eigenvalue weighted by atomic mass is 10.1. The Hall–Kier alpha value is -2.84. The first-order valence-electron chi connectivity index (χ1n) is 8.41. The van der Waals surface area contributed by atoms with Crippen molar-refractivity contribution in [2.75, 3.05) is 11.9 Å². The van der Waals surface area contributed by atoms with Gasteiger partial charge in [-0.2, -0.15) is 4.98 Å². The van der Waals surface area contributed by atoms with Gasteiger partial charge in [0.2, 0.25) is 11.8 Å². The van der Waals surface area contributed by atoms with Gasteiger partial charge < -0.3 is 20.7 Å². The zero-order valence-corrected chi connectivity index (χ0v) is 15.0. The van der Waals surface area contributed by atoms with E-state index < -0.39 is 6.10 Å². The minimum Gasteiger partial charge on any atom is -0.387 e. The minimum atomic E-state index is -0.680. The molecule has 0 spiro atoms. The third kappa shape index (κ3) is 4.04. The van der Waals surface area contributed by atoms with Crippen LogP contribution in [0.25, 0.3) is 23.0 Å². The first-order chi connectivity index (χ1) is 12.5. The van der Waals surface area contributed by atoms with E-state index in [0.717, 1.165) is 16.8 Å². The molecule has 0 aliphatic rings. The molecule has 0 radical (unpaired) electrons. The molecule has 0 aliphatic carbocycles. The monoisotopic (exact) mass is 354 g/mol. The molecule has 0 amide bonds. The molecule has 1 atom stereocenters. The Bertz CT molecular complexity index is 876. The molecule has 0 bridgehead atoms. The zero-order valence-electron chi connectivity index (χ0n) is 15.0. The molecule has 4 N–H and O–H groups in total. The van der Waals surface area contributed by atoms with Crippen LogP contribution in [0.2, 0.25) is 0 Å². The molecule has 0 saturated carbocycles. The summed E-state index contributed by atoms with van der Waals surface area (Å²) in [4.78, 5) is 13.2. The van der Waals surface area contributed by atoms with Crippen LogP contribution in [0, 0.1) is 6.92 Å². The van der Waals surface area contributed by atoms with Gasteiger partial charge in [-0.05, 0) is 32.4 Å². The highest BCUT2D eigenvalue weighted by Gasteiger charge is 2.14. The smallest absolute Gasteiger partial charge is 0.277 e. The molecule has 136 valence electrons. The Morgan fingerprint density at radius 3 is 2.54 bits per heavy atom. The molecule has 0 saturated heterocycles. The maximum atomic E-state index is 9.76. The number of anilines is 1. The molecular formula is C18H22N6O2. The van der Waals surface area contributed by atoms with Crippen molar-refractivity contribution >= 4 is 5.95 Å². The summed E-state index contributed by atoms with van der Waals surface area (Å²) in [5.41, 5.74) is 8.36. The Labute approximate surface area is 151 Å². The van der Waals surface area contributed by atoms with Gasteiger partial charge in [-0.3, -0.25) is 0 Å². The number of nitrogens with two attached hydrogens (primary N) is 1. The highest BCUT2D eigenvalue weighted by molar-refractivity contribution is 5.59. The van der Waals surface area contributed by atoms with Gasteiger partial charge >= 0.3 is 0 Å². The fourth-order valence-corrected chi connectivity index (χ4v) is 2.44. The summed E-state index contributed by atoms with van der Waals surface area (Å²) in [6.45, 7) is 6.09. The summed E-state index contributed by atoms with van der Waals surface area (Å²) < 4.78 is 5.37. The van der Waals surface area contributed by atoms with Crippen LogP contribution < -0.4 is 11.1 Å². The normalized spacial score (nSPS) is 12.4. The number of nitrogens with one attached hydrogen (secondary N) is 1. The number of hydrogen-bond donors (Lipinski definition) is 3. The SMILES string of the molecule is Cc1cc(-c2nc(-c3ccc(C(O)CN)cc3)no2)nc(NC(C)C)n1. The van der Waals surface area contributed by atoms with Crippen LogP contribution in [0.3, 0.4) is 0 Å². The Morgan fingerprint density at radius 1 is 1.15 bits per heavy atom. The second kappa shape index (κ2) is 7.59. The topological polar surface area (TPSA) is 123 Å². The average Bonchev–Trinajstić information content (AvgIpc) is 3.10. The van der Waals surface area contributed by atoms with Crippen LogP contribution in [0.5, 0.6) is 0 Å². The number of aryl methyl sites for hydroxylation is 1. The molecule has 8 nitrogen and oxygen atoms in total. The number of aromatic nitrogens is 4. The maximum Gasteiger partial charge on any atom is 0.277 e. The fraction of sp³-hybridized carbons (Fsp3) is 0.333. The maximum absolute atomic E-state index is 9.76. The second-order valence-corrected chi connectivity index (χ2v) is 6.31. The number of rotatable bonds is 6. The summed E-state index contributed by atoms with van der Waals surface area (Å²) in [6.07, 6.45) is -0.680. The van der Waals surface area contributed by atoms with Crippen molar-refractivity contribution in [3.8, 4) is 23.0 Å². The third-order valence-electron chi connectivity index (χ3n) is 3.69. The minimum absolute atomic E-state index is 0.172. The molecule has 2 aromatic heterocycles. The lowest BCUT2D eigenvalue weighted by Gasteiger charge is -2.09. The summed E-state index contributed by atoms with van der Waals surface area (Å²) in [5.74, 6) is 1.29. The molecule has 26 heavy (non-hydrogen) atoms. The summed E-state index contributed by atoms with van der Waals surface area (Å²) in [7, 11) is 0. The van der Waals surface area contributed by atoms with Crippen LogP contribution in [-0.4, -0.2) is 37.8 Å². The molecule has 3 aromatic rings. The number of nitrogens with zero attached hydrogens (tertiary/aromatic N) is 4. The zero-order chi connectivity index (χ0) is 18.7. The van der Waals surface area contributed by atoms with Crippen molar-refractivity contribution in [2.24, 2.45) is 5.73 Å². The first kappa shape index (κ1) is 18.0. The van der Waals surface area contributed by atoms with Crippen LogP contribution in [0.4, 0.5) is 5.95 Å². The molecule has 3 rings (SSSR count). The highest BCUT2D eigenvalue weighted by atomic mass is 16.5. The molecule has 1 aromatic carbocycles. The summed E-state index contributed by atoms with van der Waals surface area (Å²) in [6, 6.07) is 9.23. The van der Waals surface area contributed by atoms with Gasteiger partial charge in [0.1, 0.15) is 5.69 Å². The second-order valence-electron chi connectivity index (χ2n) is 6.31. The van der Waals surface area contributed by atoms with E-state index in [1.807, 2.05) is 32.9 Å². The lowest BCUT2D eigenvalue weighted by molar-refractivity contribution is 0.187. The van der Waals surface area contributed by atoms with Crippen molar-refractivity contribution in [3.63, 3.8) is 0 Å². The third-order valence-corrected chi connectivity index (χ3v) is 3.69. The highest BCUT2D eigenvalue weighted by Crippen LogP contribution is 2.23. The van der Waals surface area contributed by atoms with Crippen molar-refractivity contribution in [1.29, 1.82) is 0 Å². The van der Waals surface area contributed by atoms with Gasteiger partial charge in [0, 0.05) is 23.8 Å². The molecular weight excluding hydrogens is 332 g/mol. The number of hydrogen-bond acceptors (Lipinski definition) is 8. The van der Waals surface area contributed by atoms with E-state index in [0.29, 0.717) is 23.4 Å². The fourth-order valence-electron chi connectivity index (χ4n) is 2.44.